The molecule has 6 heteroatoms. The molecule has 40 heavy (non-hydrogen) atoms. The summed E-state index contributed by atoms with van der Waals surface area (Å²) >= 11 is 0. The Morgan fingerprint density at radius 2 is 0.900 bits per heavy atom. The summed E-state index contributed by atoms with van der Waals surface area (Å²) in [5, 5.41) is 9.19. The average Bonchev–Trinajstić information content (AvgIpc) is 2.81. The molecule has 0 aromatic heterocycles. The van der Waals surface area contributed by atoms with E-state index in [2.05, 4.69) is 57.5 Å². The Morgan fingerprint density at radius 1 is 0.575 bits per heavy atom. The lowest BCUT2D eigenvalue weighted by molar-refractivity contribution is -0.122. The molecule has 2 saturated carbocycles. The maximum Gasteiger partial charge on any atom is 0.227 e. The van der Waals surface area contributed by atoms with Gasteiger partial charge >= 0.3 is 0 Å². The van der Waals surface area contributed by atoms with Gasteiger partial charge in [-0.05, 0) is 97.6 Å². The van der Waals surface area contributed by atoms with Crippen LogP contribution in [0, 0.1) is 39.9 Å². The number of carbonyl (C=O) groups excluding carboxylic acids is 3. The molecule has 6 nitrogen and oxygen atoms in total. The van der Waals surface area contributed by atoms with Crippen molar-refractivity contribution in [2.45, 2.75) is 120 Å². The Balaban J connectivity index is 1.72. The molecule has 0 unspecified atom stereocenters. The average molecular weight is 554 g/mol. The van der Waals surface area contributed by atoms with E-state index in [9.17, 15) is 14.4 Å². The van der Waals surface area contributed by atoms with E-state index >= 15 is 0 Å². The van der Waals surface area contributed by atoms with Crippen molar-refractivity contribution in [3.05, 3.63) is 18.2 Å². The molecular weight excluding hydrogens is 498 g/mol. The largest absolute Gasteiger partial charge is 0.326 e. The first-order chi connectivity index (χ1) is 18.4. The van der Waals surface area contributed by atoms with Gasteiger partial charge in [0.2, 0.25) is 17.7 Å². The Labute approximate surface area is 243 Å². The molecule has 0 spiro atoms. The molecule has 0 saturated heterocycles. The number of anilines is 3. The first kappa shape index (κ1) is 32.1. The normalized spacial score (nSPS) is 24.2. The minimum Gasteiger partial charge on any atom is -0.326 e. The molecule has 3 N–H and O–H groups in total. The summed E-state index contributed by atoms with van der Waals surface area (Å²) in [6.45, 7) is 19.8. The Kier molecular flexibility index (Phi) is 10.2. The first-order valence-corrected chi connectivity index (χ1v) is 15.5. The SMILES string of the molecule is CC(C)(C)CC(=O)Nc1cc(NC(=O)[C@H]2CC[C@@H](C(C)(C)C)CC2)cc(NC(=O)[C@H]2CC[C@@H](C(C)(C)C)CC2)c1. The summed E-state index contributed by atoms with van der Waals surface area (Å²) in [4.78, 5) is 39.2. The number of nitrogens with one attached hydrogen (secondary N) is 3. The number of carbonyl (C=O) groups is 3. The van der Waals surface area contributed by atoms with E-state index in [1.165, 1.54) is 0 Å². The van der Waals surface area contributed by atoms with Crippen LogP contribution in [0.25, 0.3) is 0 Å². The Bertz CT molecular complexity index is 975. The minimum absolute atomic E-state index is 0.0170. The molecule has 3 amide bonds. The molecule has 0 radical (unpaired) electrons. The highest BCUT2D eigenvalue weighted by Crippen LogP contribution is 2.41. The zero-order valence-electron chi connectivity index (χ0n) is 26.6. The van der Waals surface area contributed by atoms with Crippen LogP contribution in [0.15, 0.2) is 18.2 Å². The van der Waals surface area contributed by atoms with Gasteiger partial charge < -0.3 is 16.0 Å². The first-order valence-electron chi connectivity index (χ1n) is 15.5. The zero-order valence-corrected chi connectivity index (χ0v) is 26.6. The van der Waals surface area contributed by atoms with E-state index in [4.69, 9.17) is 0 Å². The van der Waals surface area contributed by atoms with Gasteiger partial charge in [0, 0.05) is 35.3 Å². The van der Waals surface area contributed by atoms with Crippen LogP contribution >= 0.6 is 0 Å². The number of amides is 3. The quantitative estimate of drug-likeness (QED) is 0.329. The van der Waals surface area contributed by atoms with Crippen molar-refractivity contribution in [3.63, 3.8) is 0 Å². The molecule has 1 aromatic carbocycles. The third-order valence-corrected chi connectivity index (χ3v) is 9.09. The van der Waals surface area contributed by atoms with E-state index in [0.717, 1.165) is 51.4 Å². The standard InChI is InChI=1S/C34H55N3O3/c1-32(2,3)21-29(38)35-26-18-27(36-30(39)22-10-14-24(15-11-22)33(4,5)6)20-28(19-26)37-31(40)23-12-16-25(17-13-23)34(7,8)9/h18-20,22-25H,10-17,21H2,1-9H3,(H,35,38)(H,36,39)(H,37,40)/t22-,23-,24+,25+. The van der Waals surface area contributed by atoms with E-state index in [-0.39, 0.29) is 45.8 Å². The fourth-order valence-electron chi connectivity index (χ4n) is 6.46. The fourth-order valence-corrected chi connectivity index (χ4v) is 6.46. The lowest BCUT2D eigenvalue weighted by atomic mass is 9.69. The summed E-state index contributed by atoms with van der Waals surface area (Å²) in [7, 11) is 0. The maximum atomic E-state index is 13.3. The van der Waals surface area contributed by atoms with Gasteiger partial charge in [-0.2, -0.15) is 0 Å². The van der Waals surface area contributed by atoms with Crippen molar-refractivity contribution in [3.8, 4) is 0 Å². The number of benzene rings is 1. The van der Waals surface area contributed by atoms with Crippen molar-refractivity contribution in [2.75, 3.05) is 16.0 Å². The molecule has 0 bridgehead atoms. The van der Waals surface area contributed by atoms with Crippen molar-refractivity contribution >= 4 is 34.8 Å². The van der Waals surface area contributed by atoms with Gasteiger partial charge in [0.1, 0.15) is 0 Å². The van der Waals surface area contributed by atoms with Crippen molar-refractivity contribution in [1.82, 2.24) is 0 Å². The van der Waals surface area contributed by atoms with Gasteiger partial charge in [-0.3, -0.25) is 14.4 Å². The number of hydrogen-bond donors (Lipinski definition) is 3. The minimum atomic E-state index is -0.148. The molecule has 0 heterocycles. The predicted molar refractivity (Wildman–Crippen MR) is 166 cm³/mol. The molecule has 3 rings (SSSR count). The zero-order chi connectivity index (χ0) is 29.9. The second-order valence-corrected chi connectivity index (χ2v) is 15.9. The van der Waals surface area contributed by atoms with Crippen LogP contribution in [-0.2, 0) is 14.4 Å². The summed E-state index contributed by atoms with van der Waals surface area (Å²) in [6, 6.07) is 5.41. The fraction of sp³-hybridized carbons (Fsp3) is 0.735. The lowest BCUT2D eigenvalue weighted by Gasteiger charge is -2.36. The molecule has 0 aliphatic heterocycles. The van der Waals surface area contributed by atoms with Gasteiger partial charge in [-0.1, -0.05) is 62.3 Å². The molecule has 2 fully saturated rings. The van der Waals surface area contributed by atoms with Crippen LogP contribution in [0.4, 0.5) is 17.1 Å². The Morgan fingerprint density at radius 3 is 1.20 bits per heavy atom. The molecule has 2 aliphatic carbocycles. The van der Waals surface area contributed by atoms with Gasteiger partial charge in [0.25, 0.3) is 0 Å². The monoisotopic (exact) mass is 553 g/mol. The highest BCUT2D eigenvalue weighted by molar-refractivity contribution is 5.99. The van der Waals surface area contributed by atoms with Gasteiger partial charge in [0.15, 0.2) is 0 Å². The smallest absolute Gasteiger partial charge is 0.227 e. The second-order valence-electron chi connectivity index (χ2n) is 15.9. The molecule has 2 aliphatic rings. The van der Waals surface area contributed by atoms with Crippen molar-refractivity contribution in [1.29, 1.82) is 0 Å². The molecule has 0 atom stereocenters. The van der Waals surface area contributed by atoms with Crippen LogP contribution in [-0.4, -0.2) is 17.7 Å². The van der Waals surface area contributed by atoms with Crippen LogP contribution < -0.4 is 16.0 Å². The third-order valence-electron chi connectivity index (χ3n) is 9.09. The van der Waals surface area contributed by atoms with E-state index < -0.39 is 0 Å². The van der Waals surface area contributed by atoms with Gasteiger partial charge in [-0.25, -0.2) is 0 Å². The summed E-state index contributed by atoms with van der Waals surface area (Å²) < 4.78 is 0. The highest BCUT2D eigenvalue weighted by Gasteiger charge is 2.34. The lowest BCUT2D eigenvalue weighted by Crippen LogP contribution is -2.32. The molecular formula is C34H55N3O3. The van der Waals surface area contributed by atoms with E-state index in [1.54, 1.807) is 12.1 Å². The highest BCUT2D eigenvalue weighted by atomic mass is 16.2. The predicted octanol–water partition coefficient (Wildman–Crippen LogP) is 8.64. The van der Waals surface area contributed by atoms with Crippen LogP contribution in [0.1, 0.15) is 120 Å². The van der Waals surface area contributed by atoms with E-state index in [1.807, 2.05) is 26.8 Å². The summed E-state index contributed by atoms with van der Waals surface area (Å²) in [6.07, 6.45) is 8.15. The van der Waals surface area contributed by atoms with Gasteiger partial charge in [-0.15, -0.1) is 0 Å². The van der Waals surface area contributed by atoms with Crippen LogP contribution in [0.5, 0.6) is 0 Å². The molecule has 224 valence electrons. The summed E-state index contributed by atoms with van der Waals surface area (Å²) in [5.41, 5.74) is 2.16. The second kappa shape index (κ2) is 12.7. The third kappa shape index (κ3) is 9.62. The Hall–Kier alpha value is -2.37. The summed E-state index contributed by atoms with van der Waals surface area (Å²) in [5.74, 6) is 1.18. The van der Waals surface area contributed by atoms with Crippen LogP contribution in [0.2, 0.25) is 0 Å². The van der Waals surface area contributed by atoms with Crippen LogP contribution in [0.3, 0.4) is 0 Å². The van der Waals surface area contributed by atoms with E-state index in [0.29, 0.717) is 35.3 Å². The van der Waals surface area contributed by atoms with Gasteiger partial charge in [0.05, 0.1) is 0 Å². The molecule has 1 aromatic rings. The van der Waals surface area contributed by atoms with Crippen molar-refractivity contribution < 1.29 is 14.4 Å². The van der Waals surface area contributed by atoms with Crippen molar-refractivity contribution in [2.24, 2.45) is 39.9 Å². The maximum absolute atomic E-state index is 13.3. The topological polar surface area (TPSA) is 87.3 Å². The number of hydrogen-bond acceptors (Lipinski definition) is 3. The number of rotatable bonds is 6.